The summed E-state index contributed by atoms with van der Waals surface area (Å²) in [5, 5.41) is 3.72. The van der Waals surface area contributed by atoms with Crippen LogP contribution in [0.25, 0.3) is 0 Å². The third-order valence-electron chi connectivity index (χ3n) is 3.91. The van der Waals surface area contributed by atoms with E-state index >= 15 is 0 Å². The fourth-order valence-corrected chi connectivity index (χ4v) is 2.97. The summed E-state index contributed by atoms with van der Waals surface area (Å²) >= 11 is 12.0. The molecule has 2 aromatic carbocycles. The standard InChI is InChI=1S/C17H16Cl2FN3O/c18-12-4-5-15(19)16(10-12)21-17(24)23-8-6-22(7-9-23)14-3-1-2-13(20)11-14/h1-5,10-11H,6-9H2,(H,21,24). The van der Waals surface area contributed by atoms with Gasteiger partial charge in [0.2, 0.25) is 0 Å². The molecule has 0 saturated carbocycles. The third kappa shape index (κ3) is 3.91. The minimum absolute atomic E-state index is 0.224. The maximum Gasteiger partial charge on any atom is 0.322 e. The highest BCUT2D eigenvalue weighted by atomic mass is 35.5. The van der Waals surface area contributed by atoms with Crippen LogP contribution in [0.5, 0.6) is 0 Å². The second kappa shape index (κ2) is 7.28. The van der Waals surface area contributed by atoms with E-state index in [0.717, 1.165) is 5.69 Å². The minimum atomic E-state index is -0.261. The number of halogens is 3. The Morgan fingerprint density at radius 2 is 1.79 bits per heavy atom. The van der Waals surface area contributed by atoms with Crippen molar-refractivity contribution in [2.45, 2.75) is 0 Å². The number of urea groups is 1. The highest BCUT2D eigenvalue weighted by Gasteiger charge is 2.22. The summed E-state index contributed by atoms with van der Waals surface area (Å²) in [6, 6.07) is 11.2. The highest BCUT2D eigenvalue weighted by molar-refractivity contribution is 6.35. The molecule has 0 radical (unpaired) electrons. The van der Waals surface area contributed by atoms with Crippen molar-refractivity contribution in [1.29, 1.82) is 0 Å². The zero-order valence-electron chi connectivity index (χ0n) is 12.8. The molecule has 1 N–H and O–H groups in total. The van der Waals surface area contributed by atoms with Crippen molar-refractivity contribution < 1.29 is 9.18 Å². The van der Waals surface area contributed by atoms with Crippen LogP contribution in [0.2, 0.25) is 10.0 Å². The second-order valence-corrected chi connectivity index (χ2v) is 6.35. The average molecular weight is 368 g/mol. The first-order chi connectivity index (χ1) is 11.5. The summed E-state index contributed by atoms with van der Waals surface area (Å²) in [7, 11) is 0. The fraction of sp³-hybridized carbons (Fsp3) is 0.235. The average Bonchev–Trinajstić information content (AvgIpc) is 2.58. The van der Waals surface area contributed by atoms with E-state index in [1.54, 1.807) is 29.2 Å². The number of nitrogens with zero attached hydrogens (tertiary/aromatic N) is 2. The largest absolute Gasteiger partial charge is 0.368 e. The summed E-state index contributed by atoms with van der Waals surface area (Å²) in [5.74, 6) is -0.261. The van der Waals surface area contributed by atoms with Crippen LogP contribution in [-0.2, 0) is 0 Å². The lowest BCUT2D eigenvalue weighted by molar-refractivity contribution is 0.208. The molecule has 1 aliphatic heterocycles. The monoisotopic (exact) mass is 367 g/mol. The van der Waals surface area contributed by atoms with Gasteiger partial charge in [-0.3, -0.25) is 0 Å². The van der Waals surface area contributed by atoms with Gasteiger partial charge >= 0.3 is 6.03 Å². The van der Waals surface area contributed by atoms with Crippen molar-refractivity contribution in [3.05, 3.63) is 58.3 Å². The van der Waals surface area contributed by atoms with E-state index in [1.807, 2.05) is 6.07 Å². The van der Waals surface area contributed by atoms with E-state index in [2.05, 4.69) is 10.2 Å². The molecule has 1 aliphatic rings. The first kappa shape index (κ1) is 16.9. The Morgan fingerprint density at radius 3 is 2.50 bits per heavy atom. The van der Waals surface area contributed by atoms with Crippen LogP contribution in [0.3, 0.4) is 0 Å². The molecule has 3 rings (SSSR count). The Morgan fingerprint density at radius 1 is 1.04 bits per heavy atom. The van der Waals surface area contributed by atoms with Crippen LogP contribution < -0.4 is 10.2 Å². The molecule has 1 fully saturated rings. The van der Waals surface area contributed by atoms with Crippen molar-refractivity contribution in [3.63, 3.8) is 0 Å². The first-order valence-corrected chi connectivity index (χ1v) is 8.30. The fourth-order valence-electron chi connectivity index (χ4n) is 2.63. The molecule has 2 amide bonds. The van der Waals surface area contributed by atoms with Crippen LogP contribution >= 0.6 is 23.2 Å². The molecule has 0 spiro atoms. The molecule has 0 aromatic heterocycles. The molecule has 0 unspecified atom stereocenters. The molecule has 7 heteroatoms. The summed E-state index contributed by atoms with van der Waals surface area (Å²) in [6.45, 7) is 2.36. The van der Waals surface area contributed by atoms with Gasteiger partial charge in [-0.15, -0.1) is 0 Å². The maximum absolute atomic E-state index is 13.3. The van der Waals surface area contributed by atoms with Gasteiger partial charge in [0.1, 0.15) is 5.82 Å². The Balaban J connectivity index is 1.60. The van der Waals surface area contributed by atoms with Crippen molar-refractivity contribution >= 4 is 40.6 Å². The number of piperazine rings is 1. The van der Waals surface area contributed by atoms with Crippen LogP contribution in [0.4, 0.5) is 20.6 Å². The lowest BCUT2D eigenvalue weighted by Crippen LogP contribution is -2.50. The van der Waals surface area contributed by atoms with Crippen LogP contribution in [0, 0.1) is 5.82 Å². The highest BCUT2D eigenvalue weighted by Crippen LogP contribution is 2.26. The molecule has 24 heavy (non-hydrogen) atoms. The maximum atomic E-state index is 13.3. The normalized spacial score (nSPS) is 14.6. The molecule has 1 heterocycles. The van der Waals surface area contributed by atoms with Crippen molar-refractivity contribution in [3.8, 4) is 0 Å². The van der Waals surface area contributed by atoms with E-state index in [1.165, 1.54) is 12.1 Å². The Kier molecular flexibility index (Phi) is 5.11. The van der Waals surface area contributed by atoms with Gasteiger partial charge in [0, 0.05) is 36.9 Å². The van der Waals surface area contributed by atoms with Crippen LogP contribution in [-0.4, -0.2) is 37.1 Å². The first-order valence-electron chi connectivity index (χ1n) is 7.54. The number of nitrogens with one attached hydrogen (secondary N) is 1. The Bertz CT molecular complexity index is 748. The molecule has 0 bridgehead atoms. The number of carbonyl (C=O) groups excluding carboxylic acids is 1. The van der Waals surface area contributed by atoms with Gasteiger partial charge in [0.05, 0.1) is 10.7 Å². The number of hydrogen-bond acceptors (Lipinski definition) is 2. The summed E-state index contributed by atoms with van der Waals surface area (Å²) in [5.41, 5.74) is 1.31. The predicted molar refractivity (Wildman–Crippen MR) is 95.7 cm³/mol. The van der Waals surface area contributed by atoms with Crippen LogP contribution in [0.1, 0.15) is 0 Å². The number of hydrogen-bond donors (Lipinski definition) is 1. The Hall–Kier alpha value is -1.98. The molecule has 4 nitrogen and oxygen atoms in total. The molecular formula is C17H16Cl2FN3O. The van der Waals surface area contributed by atoms with E-state index in [-0.39, 0.29) is 11.8 Å². The van der Waals surface area contributed by atoms with Gasteiger partial charge in [0.15, 0.2) is 0 Å². The zero-order chi connectivity index (χ0) is 17.1. The topological polar surface area (TPSA) is 35.6 Å². The molecule has 126 valence electrons. The SMILES string of the molecule is O=C(Nc1cc(Cl)ccc1Cl)N1CCN(c2cccc(F)c2)CC1. The lowest BCUT2D eigenvalue weighted by Gasteiger charge is -2.36. The van der Waals surface area contributed by atoms with Crippen LogP contribution in [0.15, 0.2) is 42.5 Å². The van der Waals surface area contributed by atoms with E-state index < -0.39 is 0 Å². The molecule has 1 saturated heterocycles. The number of amides is 2. The van der Waals surface area contributed by atoms with Gasteiger partial charge < -0.3 is 15.1 Å². The predicted octanol–water partition coefficient (Wildman–Crippen LogP) is 4.49. The van der Waals surface area contributed by atoms with Gasteiger partial charge in [-0.05, 0) is 36.4 Å². The summed E-state index contributed by atoms with van der Waals surface area (Å²) < 4.78 is 13.3. The third-order valence-corrected chi connectivity index (χ3v) is 4.47. The number of anilines is 2. The smallest absolute Gasteiger partial charge is 0.322 e. The van der Waals surface area contributed by atoms with E-state index in [9.17, 15) is 9.18 Å². The second-order valence-electron chi connectivity index (χ2n) is 5.51. The zero-order valence-corrected chi connectivity index (χ0v) is 14.3. The lowest BCUT2D eigenvalue weighted by atomic mass is 10.2. The van der Waals surface area contributed by atoms with Crippen molar-refractivity contribution in [1.82, 2.24) is 4.90 Å². The minimum Gasteiger partial charge on any atom is -0.368 e. The number of benzene rings is 2. The van der Waals surface area contributed by atoms with Crippen molar-refractivity contribution in [2.24, 2.45) is 0 Å². The van der Waals surface area contributed by atoms with Gasteiger partial charge in [-0.2, -0.15) is 0 Å². The molecule has 2 aromatic rings. The molecule has 0 aliphatic carbocycles. The van der Waals surface area contributed by atoms with Gasteiger partial charge in [0.25, 0.3) is 0 Å². The summed E-state index contributed by atoms with van der Waals surface area (Å²) in [4.78, 5) is 16.1. The summed E-state index contributed by atoms with van der Waals surface area (Å²) in [6.07, 6.45) is 0. The quantitative estimate of drug-likeness (QED) is 0.848. The van der Waals surface area contributed by atoms with Gasteiger partial charge in [-0.1, -0.05) is 29.3 Å². The van der Waals surface area contributed by atoms with E-state index in [0.29, 0.717) is 41.9 Å². The van der Waals surface area contributed by atoms with E-state index in [4.69, 9.17) is 23.2 Å². The molecule has 0 atom stereocenters. The number of carbonyl (C=O) groups is 1. The van der Waals surface area contributed by atoms with Crippen molar-refractivity contribution in [2.75, 3.05) is 36.4 Å². The number of rotatable bonds is 2. The van der Waals surface area contributed by atoms with Gasteiger partial charge in [-0.25, -0.2) is 9.18 Å². The Labute approximate surface area is 149 Å². The molecular weight excluding hydrogens is 352 g/mol.